The first-order chi connectivity index (χ1) is 30.3. The van der Waals surface area contributed by atoms with Crippen LogP contribution < -0.4 is 24.8 Å². The zero-order valence-electron chi connectivity index (χ0n) is 36.6. The molecule has 2 aromatic rings. The second kappa shape index (κ2) is 18.5. The summed E-state index contributed by atoms with van der Waals surface area (Å²) < 4.78 is 61.4. The van der Waals surface area contributed by atoms with Crippen molar-refractivity contribution < 1.29 is 46.2 Å². The second-order valence-electron chi connectivity index (χ2n) is 18.9. The Labute approximate surface area is 369 Å². The van der Waals surface area contributed by atoms with Gasteiger partial charge in [0.15, 0.2) is 0 Å². The highest BCUT2D eigenvalue weighted by Gasteiger charge is 2.63. The zero-order chi connectivity index (χ0) is 44.5. The Bertz CT molecular complexity index is 2200. The number of unbranched alkanes of at least 4 members (excludes halogenated alkanes) is 1. The van der Waals surface area contributed by atoms with E-state index in [-0.39, 0.29) is 43.2 Å². The molecule has 1 aromatic carbocycles. The van der Waals surface area contributed by atoms with Crippen LogP contribution >= 0.6 is 0 Å². The molecule has 2 saturated heterocycles. The molecule has 63 heavy (non-hydrogen) atoms. The molecule has 15 nitrogen and oxygen atoms in total. The number of carbonyl (C=O) groups is 4. The minimum Gasteiger partial charge on any atom is -0.492 e. The molecule has 8 rings (SSSR count). The third-order valence-electron chi connectivity index (χ3n) is 14.3. The Kier molecular flexibility index (Phi) is 13.3. The molecule has 344 valence electrons. The normalized spacial score (nSPS) is 29.5. The molecule has 4 amide bonds. The highest BCUT2D eigenvalue weighted by molar-refractivity contribution is 7.91. The van der Waals surface area contributed by atoms with Gasteiger partial charge < -0.3 is 34.6 Å². The molecule has 3 saturated carbocycles. The molecule has 5 fully saturated rings. The molecule has 3 aliphatic heterocycles. The highest BCUT2D eigenvalue weighted by atomic mass is 32.2. The summed E-state index contributed by atoms with van der Waals surface area (Å²) in [4.78, 5) is 63.9. The van der Waals surface area contributed by atoms with Gasteiger partial charge in [-0.05, 0) is 96.4 Å². The van der Waals surface area contributed by atoms with Crippen LogP contribution in [0.5, 0.6) is 11.6 Å². The van der Waals surface area contributed by atoms with Crippen molar-refractivity contribution in [1.82, 2.24) is 30.1 Å². The van der Waals surface area contributed by atoms with Gasteiger partial charge in [-0.25, -0.2) is 22.6 Å². The number of fused-ring (bicyclic) bond motifs is 5. The largest absolute Gasteiger partial charge is 0.492 e. The number of halogens is 1. The van der Waals surface area contributed by atoms with Crippen molar-refractivity contribution in [1.29, 1.82) is 0 Å². The maximum Gasteiger partial charge on any atom is 0.407 e. The standard InChI is InChI=1S/C46H63FN6O9S/c1-4-6-13-32-33-14-8-7-9-15-35-39(60-23-12-22-52-20-10-11-21-52)34-17-16-30(47)24-36(34)49-42(35)61-31-25-37(53(28-31)38(54)27-48-44(57)62-40(32)33)41(55)50-46(26-29(46)5-2)43(56)51-63(58,59)45(3)18-19-45/h5,16-17,24,29,31-33,37,40H,2,4,6-15,18-23,25-28H2,1,3H3,(H,48,57)(H,50,55)(H,51,56)/t29-,31?,32?,33?,37?,40?,46-/m1/s1. The first-order valence-corrected chi connectivity index (χ1v) is 24.6. The summed E-state index contributed by atoms with van der Waals surface area (Å²) in [6.45, 7) is 10.4. The first kappa shape index (κ1) is 45.1. The maximum atomic E-state index is 14.8. The van der Waals surface area contributed by atoms with Crippen LogP contribution in [0.1, 0.15) is 109 Å². The predicted molar refractivity (Wildman–Crippen MR) is 233 cm³/mol. The number of nitrogens with zero attached hydrogens (tertiary/aromatic N) is 3. The molecule has 6 aliphatic rings. The molecular formula is C46H63FN6O9S. The molecule has 1 aromatic heterocycles. The number of amides is 4. The summed E-state index contributed by atoms with van der Waals surface area (Å²) in [6.07, 6.45) is 10.9. The Hall–Kier alpha value is -4.51. The van der Waals surface area contributed by atoms with Gasteiger partial charge in [0.05, 0.1) is 29.0 Å². The number of hydrogen-bond acceptors (Lipinski definition) is 11. The number of benzene rings is 1. The van der Waals surface area contributed by atoms with Crippen LogP contribution in [-0.2, 0) is 35.6 Å². The lowest BCUT2D eigenvalue weighted by Gasteiger charge is -2.27. The van der Waals surface area contributed by atoms with E-state index in [9.17, 15) is 32.0 Å². The smallest absolute Gasteiger partial charge is 0.407 e. The Morgan fingerprint density at radius 1 is 1.11 bits per heavy atom. The molecule has 0 spiro atoms. The molecule has 17 heteroatoms. The third kappa shape index (κ3) is 9.79. The number of carbonyl (C=O) groups excluding carboxylic acids is 4. The fraction of sp³-hybridized carbons (Fsp3) is 0.674. The van der Waals surface area contributed by atoms with E-state index in [4.69, 9.17) is 19.2 Å². The van der Waals surface area contributed by atoms with Crippen molar-refractivity contribution in [2.45, 2.75) is 139 Å². The van der Waals surface area contributed by atoms with E-state index >= 15 is 0 Å². The number of hydrogen-bond donors (Lipinski definition) is 3. The van der Waals surface area contributed by atoms with Crippen LogP contribution in [0.4, 0.5) is 9.18 Å². The predicted octanol–water partition coefficient (Wildman–Crippen LogP) is 5.29. The molecule has 3 aliphatic carbocycles. The van der Waals surface area contributed by atoms with Crippen LogP contribution in [0.3, 0.4) is 0 Å². The van der Waals surface area contributed by atoms with Crippen molar-refractivity contribution in [3.8, 4) is 11.6 Å². The van der Waals surface area contributed by atoms with E-state index in [1.807, 2.05) is 0 Å². The average Bonchev–Trinajstić information content (AvgIpc) is 4.18. The van der Waals surface area contributed by atoms with Gasteiger partial charge in [0.25, 0.3) is 5.91 Å². The van der Waals surface area contributed by atoms with Crippen molar-refractivity contribution in [2.75, 3.05) is 39.3 Å². The van der Waals surface area contributed by atoms with Crippen LogP contribution in [0.2, 0.25) is 0 Å². The van der Waals surface area contributed by atoms with Crippen molar-refractivity contribution in [3.05, 3.63) is 42.2 Å². The first-order valence-electron chi connectivity index (χ1n) is 23.1. The van der Waals surface area contributed by atoms with Gasteiger partial charge in [0.1, 0.15) is 41.9 Å². The number of likely N-dealkylation sites (tertiary alicyclic amines) is 1. The van der Waals surface area contributed by atoms with Gasteiger partial charge in [-0.2, -0.15) is 0 Å². The summed E-state index contributed by atoms with van der Waals surface area (Å²) in [6, 6.07) is 3.24. The monoisotopic (exact) mass is 894 g/mol. The number of pyridine rings is 1. The Morgan fingerprint density at radius 2 is 1.90 bits per heavy atom. The van der Waals surface area contributed by atoms with E-state index in [0.717, 1.165) is 76.6 Å². The van der Waals surface area contributed by atoms with Crippen LogP contribution in [0.15, 0.2) is 30.9 Å². The van der Waals surface area contributed by atoms with Gasteiger partial charge >= 0.3 is 6.09 Å². The lowest BCUT2D eigenvalue weighted by Crippen LogP contribution is -2.57. The highest BCUT2D eigenvalue weighted by Crippen LogP contribution is 2.49. The van der Waals surface area contributed by atoms with Gasteiger partial charge in [-0.15, -0.1) is 6.58 Å². The topological polar surface area (TPSA) is 186 Å². The number of aromatic nitrogens is 1. The van der Waals surface area contributed by atoms with Gasteiger partial charge in [0.2, 0.25) is 27.7 Å². The zero-order valence-corrected chi connectivity index (χ0v) is 37.4. The number of sulfonamides is 1. The SMILES string of the molecule is C=C[C@@H]1C[C@]1(NC(=O)C1CC2CN1C(=O)CNC(=O)OC1C(CCCC)C1CCCCCc1c(nc3cc(F)ccc3c1OCCCN1CCCC1)O2)C(=O)NS(=O)(=O)C1(C)CC1. The average molecular weight is 895 g/mol. The fourth-order valence-electron chi connectivity index (χ4n) is 9.91. The van der Waals surface area contributed by atoms with Crippen LogP contribution in [0.25, 0.3) is 10.9 Å². The lowest BCUT2D eigenvalue weighted by atomic mass is 10.0. The number of ether oxygens (including phenoxy) is 3. The fourth-order valence-corrected chi connectivity index (χ4v) is 11.2. The van der Waals surface area contributed by atoms with E-state index < -0.39 is 74.5 Å². The van der Waals surface area contributed by atoms with Crippen LogP contribution in [-0.4, -0.2) is 115 Å². The molecule has 3 N–H and O–H groups in total. The molecule has 5 unspecified atom stereocenters. The summed E-state index contributed by atoms with van der Waals surface area (Å²) in [5, 5.41) is 6.08. The van der Waals surface area contributed by atoms with Crippen molar-refractivity contribution >= 4 is 44.7 Å². The Balaban J connectivity index is 1.09. The molecule has 0 radical (unpaired) electrons. The van der Waals surface area contributed by atoms with E-state index in [1.165, 1.54) is 36.0 Å². The van der Waals surface area contributed by atoms with Crippen molar-refractivity contribution in [2.24, 2.45) is 17.8 Å². The third-order valence-corrected chi connectivity index (χ3v) is 16.5. The minimum absolute atomic E-state index is 0.0218. The molecule has 4 heterocycles. The number of alkyl carbamates (subject to hydrolysis) is 1. The lowest BCUT2D eigenvalue weighted by molar-refractivity contribution is -0.139. The quantitative estimate of drug-likeness (QED) is 0.165. The number of nitrogens with one attached hydrogen (secondary N) is 3. The van der Waals surface area contributed by atoms with Crippen molar-refractivity contribution in [3.63, 3.8) is 0 Å². The Morgan fingerprint density at radius 3 is 2.63 bits per heavy atom. The van der Waals surface area contributed by atoms with E-state index in [0.29, 0.717) is 42.5 Å². The summed E-state index contributed by atoms with van der Waals surface area (Å²) in [5.41, 5.74) is -0.513. The summed E-state index contributed by atoms with van der Waals surface area (Å²) in [5.74, 6) is -1.86. The van der Waals surface area contributed by atoms with E-state index in [1.54, 1.807) is 13.0 Å². The molecule has 7 atom stereocenters. The van der Waals surface area contributed by atoms with Gasteiger partial charge in [-0.1, -0.05) is 38.7 Å². The van der Waals surface area contributed by atoms with Crippen LogP contribution in [0, 0.1) is 23.6 Å². The van der Waals surface area contributed by atoms with Gasteiger partial charge in [-0.3, -0.25) is 19.1 Å². The minimum atomic E-state index is -4.02. The molecule has 2 bridgehead atoms. The second-order valence-corrected chi connectivity index (χ2v) is 21.1. The molecular weight excluding hydrogens is 832 g/mol. The van der Waals surface area contributed by atoms with Gasteiger partial charge in [0, 0.05) is 42.2 Å². The van der Waals surface area contributed by atoms with E-state index in [2.05, 4.69) is 33.8 Å². The number of rotatable bonds is 14. The summed E-state index contributed by atoms with van der Waals surface area (Å²) in [7, 11) is -4.02. The maximum absolute atomic E-state index is 14.8. The summed E-state index contributed by atoms with van der Waals surface area (Å²) >= 11 is 0.